The normalized spacial score (nSPS) is 16.9. The monoisotopic (exact) mass is 505 g/mol. The molecular formula is C28H31N3O6. The average molecular weight is 506 g/mol. The van der Waals surface area contributed by atoms with E-state index in [0.29, 0.717) is 47.9 Å². The summed E-state index contributed by atoms with van der Waals surface area (Å²) in [5.41, 5.74) is 1.07. The number of aromatic nitrogens is 2. The minimum Gasteiger partial charge on any atom is -0.507 e. The van der Waals surface area contributed by atoms with Crippen molar-refractivity contribution in [2.75, 3.05) is 20.8 Å². The summed E-state index contributed by atoms with van der Waals surface area (Å²) in [5.74, 6) is -0.0216. The molecule has 1 unspecified atom stereocenters. The van der Waals surface area contributed by atoms with Gasteiger partial charge in [0.05, 0.1) is 38.3 Å². The summed E-state index contributed by atoms with van der Waals surface area (Å²) in [4.78, 5) is 32.1. The summed E-state index contributed by atoms with van der Waals surface area (Å²) < 4.78 is 18.4. The van der Waals surface area contributed by atoms with Crippen LogP contribution in [0.25, 0.3) is 5.76 Å². The summed E-state index contributed by atoms with van der Waals surface area (Å²) >= 11 is 0. The number of imidazole rings is 1. The Morgan fingerprint density at radius 3 is 2.38 bits per heavy atom. The van der Waals surface area contributed by atoms with Crippen molar-refractivity contribution in [2.45, 2.75) is 39.0 Å². The quantitative estimate of drug-likeness (QED) is 0.250. The van der Waals surface area contributed by atoms with Crippen molar-refractivity contribution in [1.29, 1.82) is 0 Å². The molecule has 1 N–H and O–H groups in total. The lowest BCUT2D eigenvalue weighted by molar-refractivity contribution is -0.139. The van der Waals surface area contributed by atoms with Crippen LogP contribution in [0.2, 0.25) is 0 Å². The molecule has 9 nitrogen and oxygen atoms in total. The maximum atomic E-state index is 13.3. The number of nitrogens with zero attached hydrogens (tertiary/aromatic N) is 3. The maximum Gasteiger partial charge on any atom is 0.295 e. The number of ether oxygens (including phenoxy) is 3. The first-order chi connectivity index (χ1) is 17.8. The van der Waals surface area contributed by atoms with Crippen LogP contribution in [-0.4, -0.2) is 58.1 Å². The van der Waals surface area contributed by atoms with Gasteiger partial charge in [-0.3, -0.25) is 9.59 Å². The summed E-state index contributed by atoms with van der Waals surface area (Å²) in [6.07, 6.45) is 5.82. The predicted octanol–water partition coefficient (Wildman–Crippen LogP) is 4.20. The number of methoxy groups -OCH3 is 2. The van der Waals surface area contributed by atoms with Crippen LogP contribution >= 0.6 is 0 Å². The third kappa shape index (κ3) is 5.45. The zero-order valence-electron chi connectivity index (χ0n) is 21.4. The Bertz CT molecular complexity index is 1280. The number of hydrogen-bond donors (Lipinski definition) is 1. The molecule has 1 aliphatic heterocycles. The first-order valence-corrected chi connectivity index (χ1v) is 12.1. The smallest absolute Gasteiger partial charge is 0.295 e. The van der Waals surface area contributed by atoms with E-state index in [-0.39, 0.29) is 17.4 Å². The summed E-state index contributed by atoms with van der Waals surface area (Å²) in [6, 6.07) is 11.2. The van der Waals surface area contributed by atoms with Crippen LogP contribution in [-0.2, 0) is 16.1 Å². The van der Waals surface area contributed by atoms with Gasteiger partial charge in [0, 0.05) is 31.0 Å². The van der Waals surface area contributed by atoms with Crippen molar-refractivity contribution in [3.8, 4) is 17.2 Å². The number of likely N-dealkylation sites (tertiary alicyclic amines) is 1. The standard InChI is InChI=1S/C28H31N3O6/c1-18(2)37-21-9-6-19(7-10-21)26(32)24-25(20-8-11-22(35-3)23(16-20)36-4)31(28(34)27(24)33)14-5-13-30-15-12-29-17-30/h6-12,15-18,25,32H,5,13-14H2,1-4H3/b26-24-. The molecule has 0 aliphatic carbocycles. The van der Waals surface area contributed by atoms with Crippen LogP contribution in [0.1, 0.15) is 37.4 Å². The Morgan fingerprint density at radius 2 is 1.76 bits per heavy atom. The first kappa shape index (κ1) is 25.8. The third-order valence-electron chi connectivity index (χ3n) is 6.14. The Hall–Kier alpha value is -4.27. The molecule has 1 fully saturated rings. The Labute approximate surface area is 215 Å². The van der Waals surface area contributed by atoms with Gasteiger partial charge in [0.1, 0.15) is 11.5 Å². The highest BCUT2D eigenvalue weighted by Gasteiger charge is 2.46. The minimum atomic E-state index is -0.797. The molecule has 194 valence electrons. The van der Waals surface area contributed by atoms with E-state index in [4.69, 9.17) is 14.2 Å². The topological polar surface area (TPSA) is 103 Å². The molecule has 3 aromatic rings. The van der Waals surface area contributed by atoms with Gasteiger partial charge >= 0.3 is 0 Å². The Morgan fingerprint density at radius 1 is 1.03 bits per heavy atom. The predicted molar refractivity (Wildman–Crippen MR) is 138 cm³/mol. The molecule has 1 atom stereocenters. The number of rotatable bonds is 10. The Balaban J connectivity index is 1.74. The average Bonchev–Trinajstić information content (AvgIpc) is 3.50. The van der Waals surface area contributed by atoms with E-state index in [1.807, 2.05) is 24.6 Å². The second-order valence-electron chi connectivity index (χ2n) is 8.95. The van der Waals surface area contributed by atoms with Gasteiger partial charge in [-0.1, -0.05) is 6.07 Å². The van der Waals surface area contributed by atoms with Gasteiger partial charge in [-0.05, 0) is 62.2 Å². The van der Waals surface area contributed by atoms with E-state index >= 15 is 0 Å². The van der Waals surface area contributed by atoms with Crippen molar-refractivity contribution in [2.24, 2.45) is 0 Å². The molecule has 2 aromatic carbocycles. The van der Waals surface area contributed by atoms with Gasteiger partial charge in [0.2, 0.25) is 0 Å². The van der Waals surface area contributed by atoms with Crippen LogP contribution in [0.15, 0.2) is 66.8 Å². The summed E-state index contributed by atoms with van der Waals surface area (Å²) in [7, 11) is 3.05. The van der Waals surface area contributed by atoms with E-state index < -0.39 is 17.7 Å². The van der Waals surface area contributed by atoms with Crippen LogP contribution < -0.4 is 14.2 Å². The van der Waals surface area contributed by atoms with Gasteiger partial charge in [-0.15, -0.1) is 0 Å². The number of Topliss-reactive ketones (excluding diaryl/α,β-unsaturated/α-hetero) is 1. The molecule has 37 heavy (non-hydrogen) atoms. The summed E-state index contributed by atoms with van der Waals surface area (Å²) in [6.45, 7) is 4.77. The number of hydrogen-bond acceptors (Lipinski definition) is 7. The zero-order chi connectivity index (χ0) is 26.5. The summed E-state index contributed by atoms with van der Waals surface area (Å²) in [5, 5.41) is 11.3. The van der Waals surface area contributed by atoms with E-state index in [1.165, 1.54) is 19.1 Å². The van der Waals surface area contributed by atoms with Crippen molar-refractivity contribution in [3.63, 3.8) is 0 Å². The number of amides is 1. The van der Waals surface area contributed by atoms with Crippen LogP contribution in [0.4, 0.5) is 0 Å². The highest BCUT2D eigenvalue weighted by molar-refractivity contribution is 6.46. The van der Waals surface area contributed by atoms with E-state index in [9.17, 15) is 14.7 Å². The molecule has 1 aromatic heterocycles. The lowest BCUT2D eigenvalue weighted by atomic mass is 9.95. The van der Waals surface area contributed by atoms with Crippen molar-refractivity contribution >= 4 is 17.4 Å². The second-order valence-corrected chi connectivity index (χ2v) is 8.95. The molecule has 1 aliphatic rings. The van der Waals surface area contributed by atoms with E-state index in [1.54, 1.807) is 55.0 Å². The molecule has 9 heteroatoms. The molecular weight excluding hydrogens is 474 g/mol. The van der Waals surface area contributed by atoms with Crippen molar-refractivity contribution in [3.05, 3.63) is 77.9 Å². The Kier molecular flexibility index (Phi) is 7.81. The zero-order valence-corrected chi connectivity index (χ0v) is 21.4. The fourth-order valence-corrected chi connectivity index (χ4v) is 4.44. The van der Waals surface area contributed by atoms with Crippen LogP contribution in [0.5, 0.6) is 17.2 Å². The molecule has 0 saturated carbocycles. The third-order valence-corrected chi connectivity index (χ3v) is 6.14. The molecule has 0 bridgehead atoms. The molecule has 2 heterocycles. The van der Waals surface area contributed by atoms with Crippen LogP contribution in [0.3, 0.4) is 0 Å². The number of benzene rings is 2. The highest BCUT2D eigenvalue weighted by Crippen LogP contribution is 2.42. The SMILES string of the molecule is COc1ccc(C2/C(=C(/O)c3ccc(OC(C)C)cc3)C(=O)C(=O)N2CCCn2ccnc2)cc1OC. The van der Waals surface area contributed by atoms with Gasteiger partial charge in [0.25, 0.3) is 11.7 Å². The van der Waals surface area contributed by atoms with Crippen LogP contribution in [0, 0.1) is 0 Å². The molecule has 0 spiro atoms. The number of carbonyl (C=O) groups excluding carboxylic acids is 2. The maximum absolute atomic E-state index is 13.3. The molecule has 0 radical (unpaired) electrons. The minimum absolute atomic E-state index is 0.00264. The lowest BCUT2D eigenvalue weighted by Gasteiger charge is -2.26. The number of carbonyl (C=O) groups is 2. The molecule has 1 saturated heterocycles. The van der Waals surface area contributed by atoms with Crippen molar-refractivity contribution < 1.29 is 28.9 Å². The highest BCUT2D eigenvalue weighted by atomic mass is 16.5. The van der Waals surface area contributed by atoms with Gasteiger partial charge < -0.3 is 28.8 Å². The number of aryl methyl sites for hydroxylation is 1. The lowest BCUT2D eigenvalue weighted by Crippen LogP contribution is -2.31. The second kappa shape index (κ2) is 11.2. The first-order valence-electron chi connectivity index (χ1n) is 12.1. The fraction of sp³-hybridized carbons (Fsp3) is 0.321. The van der Waals surface area contributed by atoms with Gasteiger partial charge in [0.15, 0.2) is 11.5 Å². The number of aliphatic hydroxyl groups is 1. The van der Waals surface area contributed by atoms with Gasteiger partial charge in [-0.25, -0.2) is 4.98 Å². The van der Waals surface area contributed by atoms with E-state index in [0.717, 1.165) is 0 Å². The van der Waals surface area contributed by atoms with E-state index in [2.05, 4.69) is 4.98 Å². The molecule has 1 amide bonds. The fourth-order valence-electron chi connectivity index (χ4n) is 4.44. The van der Waals surface area contributed by atoms with Crippen molar-refractivity contribution in [1.82, 2.24) is 14.5 Å². The molecule has 4 rings (SSSR count). The number of ketones is 1. The number of aliphatic hydroxyl groups excluding tert-OH is 1. The van der Waals surface area contributed by atoms with Gasteiger partial charge in [-0.2, -0.15) is 0 Å². The largest absolute Gasteiger partial charge is 0.507 e.